The van der Waals surface area contributed by atoms with Crippen molar-refractivity contribution in [1.29, 1.82) is 0 Å². The Morgan fingerprint density at radius 1 is 1.45 bits per heavy atom. The molecule has 0 bridgehead atoms. The molecule has 0 radical (unpaired) electrons. The molecular weight excluding hydrogens is 358 g/mol. The fourth-order valence-corrected chi connectivity index (χ4v) is 3.37. The second-order valence-electron chi connectivity index (χ2n) is 4.55. The van der Waals surface area contributed by atoms with Gasteiger partial charge in [-0.2, -0.15) is 0 Å². The highest BCUT2D eigenvalue weighted by Gasteiger charge is 2.15. The van der Waals surface area contributed by atoms with Gasteiger partial charge in [0.15, 0.2) is 0 Å². The first-order chi connectivity index (χ1) is 9.65. The molecule has 1 atom stereocenters. The van der Waals surface area contributed by atoms with Crippen LogP contribution in [0, 0.1) is 0 Å². The molecule has 0 fully saturated rings. The number of aromatic nitrogens is 3. The summed E-state index contributed by atoms with van der Waals surface area (Å²) in [7, 11) is 0. The van der Waals surface area contributed by atoms with Crippen molar-refractivity contribution >= 4 is 49.9 Å². The van der Waals surface area contributed by atoms with E-state index < -0.39 is 0 Å². The molecule has 0 aliphatic carbocycles. The zero-order valence-electron chi connectivity index (χ0n) is 10.9. The van der Waals surface area contributed by atoms with Gasteiger partial charge in [0.2, 0.25) is 0 Å². The van der Waals surface area contributed by atoms with Crippen LogP contribution in [0.2, 0.25) is 0 Å². The lowest BCUT2D eigenvalue weighted by Crippen LogP contribution is -2.06. The van der Waals surface area contributed by atoms with E-state index in [-0.39, 0.29) is 5.38 Å². The minimum Gasteiger partial charge on any atom is -0.326 e. The number of aryl methyl sites for hydroxylation is 2. The summed E-state index contributed by atoms with van der Waals surface area (Å²) in [4.78, 5) is 8.99. The molecule has 0 aliphatic rings. The standard InChI is InChI=1S/C14H13BrClN3S/c1-9(16)14-18-11-8-10(15)2-3-12(11)19(14)6-4-13-17-5-7-20-13/h2-3,5,7-9H,4,6H2,1H3. The van der Waals surface area contributed by atoms with Crippen LogP contribution in [0.25, 0.3) is 11.0 Å². The number of hydrogen-bond acceptors (Lipinski definition) is 3. The van der Waals surface area contributed by atoms with Crippen molar-refractivity contribution in [3.8, 4) is 0 Å². The third kappa shape index (κ3) is 2.75. The Kier molecular flexibility index (Phi) is 4.10. The molecule has 0 amide bonds. The fraction of sp³-hybridized carbons (Fsp3) is 0.286. The van der Waals surface area contributed by atoms with Crippen LogP contribution in [0.4, 0.5) is 0 Å². The molecule has 2 heterocycles. The summed E-state index contributed by atoms with van der Waals surface area (Å²) in [5.41, 5.74) is 2.09. The SMILES string of the molecule is CC(Cl)c1nc2cc(Br)ccc2n1CCc1nccs1. The number of hydrogen-bond donors (Lipinski definition) is 0. The molecule has 0 N–H and O–H groups in total. The summed E-state index contributed by atoms with van der Waals surface area (Å²) < 4.78 is 3.23. The van der Waals surface area contributed by atoms with Crippen molar-refractivity contribution in [3.05, 3.63) is 45.1 Å². The molecule has 20 heavy (non-hydrogen) atoms. The van der Waals surface area contributed by atoms with Crippen LogP contribution in [-0.4, -0.2) is 14.5 Å². The van der Waals surface area contributed by atoms with Crippen LogP contribution in [0.3, 0.4) is 0 Å². The Morgan fingerprint density at radius 3 is 3.00 bits per heavy atom. The van der Waals surface area contributed by atoms with E-state index in [1.165, 1.54) is 0 Å². The predicted molar refractivity (Wildman–Crippen MR) is 87.5 cm³/mol. The van der Waals surface area contributed by atoms with Crippen LogP contribution in [0.15, 0.2) is 34.2 Å². The zero-order chi connectivity index (χ0) is 14.1. The van der Waals surface area contributed by atoms with Crippen molar-refractivity contribution < 1.29 is 0 Å². The van der Waals surface area contributed by atoms with Crippen LogP contribution in [0.1, 0.15) is 23.1 Å². The minimum atomic E-state index is -0.113. The van der Waals surface area contributed by atoms with Gasteiger partial charge in [-0.05, 0) is 25.1 Å². The molecule has 0 saturated carbocycles. The number of fused-ring (bicyclic) bond motifs is 1. The van der Waals surface area contributed by atoms with Crippen molar-refractivity contribution in [2.24, 2.45) is 0 Å². The number of alkyl halides is 1. The van der Waals surface area contributed by atoms with Crippen molar-refractivity contribution in [1.82, 2.24) is 14.5 Å². The van der Waals surface area contributed by atoms with Crippen LogP contribution >= 0.6 is 38.9 Å². The number of imidazole rings is 1. The fourth-order valence-electron chi connectivity index (χ4n) is 2.24. The third-order valence-corrected chi connectivity index (χ3v) is 4.66. The highest BCUT2D eigenvalue weighted by atomic mass is 79.9. The number of halogens is 2. The van der Waals surface area contributed by atoms with Gasteiger partial charge in [0.1, 0.15) is 5.82 Å². The molecular formula is C14H13BrClN3S. The summed E-state index contributed by atoms with van der Waals surface area (Å²) >= 11 is 11.4. The average molecular weight is 371 g/mol. The molecule has 1 unspecified atom stereocenters. The summed E-state index contributed by atoms with van der Waals surface area (Å²) in [5, 5.41) is 3.03. The Bertz CT molecular complexity index is 721. The normalized spacial score (nSPS) is 12.9. The molecule has 0 saturated heterocycles. The first-order valence-corrected chi connectivity index (χ1v) is 8.44. The second kappa shape index (κ2) is 5.84. The smallest absolute Gasteiger partial charge is 0.127 e. The molecule has 3 aromatic rings. The maximum Gasteiger partial charge on any atom is 0.127 e. The number of benzene rings is 1. The Labute approximate surface area is 134 Å². The van der Waals surface area contributed by atoms with Crippen LogP contribution < -0.4 is 0 Å². The molecule has 1 aromatic carbocycles. The summed E-state index contributed by atoms with van der Waals surface area (Å²) in [6, 6.07) is 6.14. The van der Waals surface area contributed by atoms with E-state index in [0.29, 0.717) is 0 Å². The average Bonchev–Trinajstić information content (AvgIpc) is 3.02. The summed E-state index contributed by atoms with van der Waals surface area (Å²) in [6.07, 6.45) is 2.74. The highest BCUT2D eigenvalue weighted by molar-refractivity contribution is 9.10. The van der Waals surface area contributed by atoms with Gasteiger partial charge in [-0.15, -0.1) is 22.9 Å². The Morgan fingerprint density at radius 2 is 2.30 bits per heavy atom. The summed E-state index contributed by atoms with van der Waals surface area (Å²) in [6.45, 7) is 2.80. The van der Waals surface area contributed by atoms with E-state index in [9.17, 15) is 0 Å². The van der Waals surface area contributed by atoms with E-state index in [0.717, 1.165) is 39.3 Å². The molecule has 0 spiro atoms. The highest BCUT2D eigenvalue weighted by Crippen LogP contribution is 2.27. The Balaban J connectivity index is 2.00. The molecule has 0 aliphatic heterocycles. The number of thiazole rings is 1. The van der Waals surface area contributed by atoms with E-state index in [1.807, 2.05) is 30.6 Å². The molecule has 6 heteroatoms. The number of rotatable bonds is 4. The first kappa shape index (κ1) is 14.0. The van der Waals surface area contributed by atoms with Crippen LogP contribution in [0.5, 0.6) is 0 Å². The van der Waals surface area contributed by atoms with E-state index in [1.54, 1.807) is 11.3 Å². The van der Waals surface area contributed by atoms with Crippen LogP contribution in [-0.2, 0) is 13.0 Å². The van der Waals surface area contributed by atoms with Crippen molar-refractivity contribution in [2.75, 3.05) is 0 Å². The molecule has 3 rings (SSSR count). The third-order valence-electron chi connectivity index (χ3n) is 3.13. The quantitative estimate of drug-likeness (QED) is 0.618. The lowest BCUT2D eigenvalue weighted by molar-refractivity contribution is 0.666. The summed E-state index contributed by atoms with van der Waals surface area (Å²) in [5.74, 6) is 0.913. The van der Waals surface area contributed by atoms with Gasteiger partial charge in [0, 0.05) is 29.0 Å². The van der Waals surface area contributed by atoms with Gasteiger partial charge in [0.05, 0.1) is 21.4 Å². The second-order valence-corrected chi connectivity index (χ2v) is 7.10. The monoisotopic (exact) mass is 369 g/mol. The van der Waals surface area contributed by atoms with E-state index in [2.05, 4.69) is 36.5 Å². The number of nitrogens with zero attached hydrogens (tertiary/aromatic N) is 3. The topological polar surface area (TPSA) is 30.7 Å². The van der Waals surface area contributed by atoms with Gasteiger partial charge in [-0.3, -0.25) is 0 Å². The molecule has 2 aromatic heterocycles. The van der Waals surface area contributed by atoms with Gasteiger partial charge in [0.25, 0.3) is 0 Å². The zero-order valence-corrected chi connectivity index (χ0v) is 14.0. The lowest BCUT2D eigenvalue weighted by Gasteiger charge is -2.09. The lowest BCUT2D eigenvalue weighted by atomic mass is 10.3. The van der Waals surface area contributed by atoms with E-state index >= 15 is 0 Å². The largest absolute Gasteiger partial charge is 0.326 e. The minimum absolute atomic E-state index is 0.113. The van der Waals surface area contributed by atoms with Gasteiger partial charge in [-0.25, -0.2) is 9.97 Å². The first-order valence-electron chi connectivity index (χ1n) is 6.33. The maximum atomic E-state index is 6.27. The van der Waals surface area contributed by atoms with Gasteiger partial charge < -0.3 is 4.57 Å². The Hall–Kier alpha value is -0.910. The molecule has 104 valence electrons. The van der Waals surface area contributed by atoms with Gasteiger partial charge in [-0.1, -0.05) is 15.9 Å². The predicted octanol–water partition coefficient (Wildman–Crippen LogP) is 4.80. The molecule has 3 nitrogen and oxygen atoms in total. The van der Waals surface area contributed by atoms with Crippen molar-refractivity contribution in [3.63, 3.8) is 0 Å². The van der Waals surface area contributed by atoms with E-state index in [4.69, 9.17) is 11.6 Å². The van der Waals surface area contributed by atoms with Gasteiger partial charge >= 0.3 is 0 Å². The van der Waals surface area contributed by atoms with Crippen molar-refractivity contribution in [2.45, 2.75) is 25.3 Å². The maximum absolute atomic E-state index is 6.27.